The largest absolute Gasteiger partial charge is 0.324 e. The Labute approximate surface area is 127 Å². The van der Waals surface area contributed by atoms with Crippen molar-refractivity contribution in [1.82, 2.24) is 14.8 Å². The molecule has 0 atom stereocenters. The molecular formula is C13H15ClFN5O. The van der Waals surface area contributed by atoms with Gasteiger partial charge in [-0.2, -0.15) is 5.10 Å². The number of hydrogen-bond acceptors (Lipinski definition) is 4. The highest BCUT2D eigenvalue weighted by atomic mass is 35.5. The quantitative estimate of drug-likeness (QED) is 0.902. The number of aromatic nitrogens is 3. The predicted molar refractivity (Wildman–Crippen MR) is 78.0 cm³/mol. The number of carbonyl (C=O) groups excluding carboxylic acids is 1. The molecule has 2 aromatic rings. The van der Waals surface area contributed by atoms with Crippen LogP contribution in [0.1, 0.15) is 19.3 Å². The molecule has 0 radical (unpaired) electrons. The van der Waals surface area contributed by atoms with Crippen LogP contribution in [0, 0.1) is 5.82 Å². The van der Waals surface area contributed by atoms with E-state index in [9.17, 15) is 9.18 Å². The number of rotatable bonds is 3. The summed E-state index contributed by atoms with van der Waals surface area (Å²) in [4.78, 5) is 15.7. The van der Waals surface area contributed by atoms with Crippen LogP contribution in [0.2, 0.25) is 0 Å². The van der Waals surface area contributed by atoms with Crippen LogP contribution in [0.25, 0.3) is 5.69 Å². The predicted octanol–water partition coefficient (Wildman–Crippen LogP) is 1.65. The molecule has 0 unspecified atom stereocenters. The van der Waals surface area contributed by atoms with E-state index in [1.807, 2.05) is 0 Å². The maximum Gasteiger partial charge on any atom is 0.244 e. The minimum absolute atomic E-state index is 0. The van der Waals surface area contributed by atoms with Crippen molar-refractivity contribution in [3.63, 3.8) is 0 Å². The Balaban J connectivity index is 0.00000161. The van der Waals surface area contributed by atoms with E-state index < -0.39 is 11.4 Å². The van der Waals surface area contributed by atoms with Crippen molar-refractivity contribution in [3.05, 3.63) is 36.7 Å². The molecule has 1 saturated carbocycles. The van der Waals surface area contributed by atoms with Crippen LogP contribution in [0.15, 0.2) is 30.9 Å². The molecule has 6 nitrogen and oxygen atoms in total. The summed E-state index contributed by atoms with van der Waals surface area (Å²) in [7, 11) is 0. The zero-order chi connectivity index (χ0) is 14.2. The Morgan fingerprint density at radius 1 is 1.43 bits per heavy atom. The Morgan fingerprint density at radius 3 is 2.71 bits per heavy atom. The first kappa shape index (κ1) is 15.4. The molecule has 1 aromatic carbocycles. The Kier molecular flexibility index (Phi) is 4.24. The van der Waals surface area contributed by atoms with E-state index in [0.717, 1.165) is 6.42 Å². The lowest BCUT2D eigenvalue weighted by atomic mass is 9.77. The van der Waals surface area contributed by atoms with Gasteiger partial charge in [-0.15, -0.1) is 12.4 Å². The van der Waals surface area contributed by atoms with Crippen molar-refractivity contribution in [3.8, 4) is 5.69 Å². The molecule has 1 amide bonds. The van der Waals surface area contributed by atoms with Crippen molar-refractivity contribution >= 4 is 24.0 Å². The van der Waals surface area contributed by atoms with Crippen molar-refractivity contribution < 1.29 is 9.18 Å². The standard InChI is InChI=1S/C13H14FN5O.ClH/c14-10-6-9(18-12(20)13(15)4-1-5-13)2-3-11(10)19-8-16-7-17-19;/h2-3,6-8H,1,4-5,15H2,(H,18,20);1H. The van der Waals surface area contributed by atoms with E-state index in [0.29, 0.717) is 18.5 Å². The molecule has 3 N–H and O–H groups in total. The molecule has 0 spiro atoms. The minimum Gasteiger partial charge on any atom is -0.324 e. The van der Waals surface area contributed by atoms with Crippen LogP contribution in [0.4, 0.5) is 10.1 Å². The first-order valence-corrected chi connectivity index (χ1v) is 6.33. The van der Waals surface area contributed by atoms with Gasteiger partial charge in [0.2, 0.25) is 5.91 Å². The summed E-state index contributed by atoms with van der Waals surface area (Å²) in [5.41, 5.74) is 5.76. The number of nitrogens with two attached hydrogens (primary N) is 1. The Hall–Kier alpha value is -1.99. The van der Waals surface area contributed by atoms with Gasteiger partial charge in [0.05, 0.1) is 5.54 Å². The molecule has 8 heteroatoms. The lowest BCUT2D eigenvalue weighted by molar-refractivity contribution is -0.123. The van der Waals surface area contributed by atoms with Crippen LogP contribution >= 0.6 is 12.4 Å². The highest BCUT2D eigenvalue weighted by Gasteiger charge is 2.40. The Morgan fingerprint density at radius 2 is 2.19 bits per heavy atom. The highest BCUT2D eigenvalue weighted by molar-refractivity contribution is 5.98. The maximum atomic E-state index is 14.0. The molecular weight excluding hydrogens is 297 g/mol. The van der Waals surface area contributed by atoms with E-state index in [-0.39, 0.29) is 24.0 Å². The number of nitrogens with zero attached hydrogens (tertiary/aromatic N) is 3. The number of amides is 1. The molecule has 0 saturated heterocycles. The number of nitrogens with one attached hydrogen (secondary N) is 1. The third-order valence-corrected chi connectivity index (χ3v) is 3.57. The van der Waals surface area contributed by atoms with E-state index >= 15 is 0 Å². The average Bonchev–Trinajstić information content (AvgIpc) is 2.89. The van der Waals surface area contributed by atoms with E-state index in [2.05, 4.69) is 15.4 Å². The number of benzene rings is 1. The van der Waals surface area contributed by atoms with Gasteiger partial charge in [0.25, 0.3) is 0 Å². The topological polar surface area (TPSA) is 85.8 Å². The van der Waals surface area contributed by atoms with E-state index in [4.69, 9.17) is 5.73 Å². The molecule has 1 aliphatic carbocycles. The SMILES string of the molecule is Cl.NC1(C(=O)Nc2ccc(-n3cncn3)c(F)c2)CCC1. The van der Waals surface area contributed by atoms with Crippen molar-refractivity contribution in [1.29, 1.82) is 0 Å². The van der Waals surface area contributed by atoms with Gasteiger partial charge in [0.1, 0.15) is 18.3 Å². The van der Waals surface area contributed by atoms with Crippen molar-refractivity contribution in [2.75, 3.05) is 5.32 Å². The number of anilines is 1. The van der Waals surface area contributed by atoms with Gasteiger partial charge < -0.3 is 11.1 Å². The second-order valence-electron chi connectivity index (χ2n) is 4.97. The molecule has 1 fully saturated rings. The fourth-order valence-corrected chi connectivity index (χ4v) is 2.14. The first-order chi connectivity index (χ1) is 9.58. The van der Waals surface area contributed by atoms with Gasteiger partial charge in [-0.05, 0) is 37.5 Å². The second-order valence-corrected chi connectivity index (χ2v) is 4.97. The monoisotopic (exact) mass is 311 g/mol. The van der Waals surface area contributed by atoms with Gasteiger partial charge in [0, 0.05) is 5.69 Å². The summed E-state index contributed by atoms with van der Waals surface area (Å²) >= 11 is 0. The minimum atomic E-state index is -0.805. The summed E-state index contributed by atoms with van der Waals surface area (Å²) < 4.78 is 15.3. The van der Waals surface area contributed by atoms with Gasteiger partial charge in [0.15, 0.2) is 5.82 Å². The summed E-state index contributed by atoms with van der Waals surface area (Å²) in [5.74, 6) is -0.760. The van der Waals surface area contributed by atoms with Crippen molar-refractivity contribution in [2.45, 2.75) is 24.8 Å². The van der Waals surface area contributed by atoms with Crippen LogP contribution in [-0.2, 0) is 4.79 Å². The van der Waals surface area contributed by atoms with Gasteiger partial charge in [-0.1, -0.05) is 0 Å². The normalized spacial score (nSPS) is 15.7. The van der Waals surface area contributed by atoms with Crippen molar-refractivity contribution in [2.24, 2.45) is 5.73 Å². The molecule has 112 valence electrons. The lowest BCUT2D eigenvalue weighted by Crippen LogP contribution is -2.56. The third kappa shape index (κ3) is 2.88. The number of carbonyl (C=O) groups is 1. The van der Waals surface area contributed by atoms with Gasteiger partial charge >= 0.3 is 0 Å². The fraction of sp³-hybridized carbons (Fsp3) is 0.308. The molecule has 0 aliphatic heterocycles. The second kappa shape index (κ2) is 5.79. The fourth-order valence-electron chi connectivity index (χ4n) is 2.14. The first-order valence-electron chi connectivity index (χ1n) is 6.33. The zero-order valence-electron chi connectivity index (χ0n) is 11.1. The molecule has 1 aromatic heterocycles. The molecule has 3 rings (SSSR count). The maximum absolute atomic E-state index is 14.0. The van der Waals surface area contributed by atoms with Crippen LogP contribution in [0.5, 0.6) is 0 Å². The van der Waals surface area contributed by atoms with Gasteiger partial charge in [-0.25, -0.2) is 14.1 Å². The summed E-state index contributed by atoms with van der Waals surface area (Å²) in [5, 5.41) is 6.51. The molecule has 1 aliphatic rings. The molecule has 21 heavy (non-hydrogen) atoms. The zero-order valence-corrected chi connectivity index (χ0v) is 11.9. The Bertz CT molecular complexity index is 642. The molecule has 0 bridgehead atoms. The van der Waals surface area contributed by atoms with Crippen LogP contribution < -0.4 is 11.1 Å². The summed E-state index contributed by atoms with van der Waals surface area (Å²) in [6.45, 7) is 0. The highest BCUT2D eigenvalue weighted by Crippen LogP contribution is 2.30. The smallest absolute Gasteiger partial charge is 0.244 e. The average molecular weight is 312 g/mol. The third-order valence-electron chi connectivity index (χ3n) is 3.57. The lowest BCUT2D eigenvalue weighted by Gasteiger charge is -2.36. The van der Waals surface area contributed by atoms with Gasteiger partial charge in [-0.3, -0.25) is 4.79 Å². The van der Waals surface area contributed by atoms with Crippen LogP contribution in [0.3, 0.4) is 0 Å². The van der Waals surface area contributed by atoms with E-state index in [1.54, 1.807) is 6.07 Å². The summed E-state index contributed by atoms with van der Waals surface area (Å²) in [6, 6.07) is 4.39. The van der Waals surface area contributed by atoms with Crippen LogP contribution in [-0.4, -0.2) is 26.2 Å². The van der Waals surface area contributed by atoms with E-state index in [1.165, 1.54) is 29.5 Å². The number of hydrogen-bond donors (Lipinski definition) is 2. The molecule has 1 heterocycles. The number of halogens is 2. The summed E-state index contributed by atoms with van der Waals surface area (Å²) in [6.07, 6.45) is 5.00.